The van der Waals surface area contributed by atoms with E-state index in [4.69, 9.17) is 4.74 Å². The largest absolute Gasteiger partial charge is 0.480 e. The number of aromatic nitrogens is 1. The Labute approximate surface area is 139 Å². The van der Waals surface area contributed by atoms with Gasteiger partial charge < -0.3 is 20.1 Å². The monoisotopic (exact) mass is 329 g/mol. The Kier molecular flexibility index (Phi) is 4.90. The van der Waals surface area contributed by atoms with Crippen LogP contribution in [0.15, 0.2) is 36.5 Å². The molecule has 7 heteroatoms. The molecule has 2 aromatic rings. The minimum Gasteiger partial charge on any atom is -0.480 e. The molecule has 1 atom stereocenters. The molecule has 2 amide bonds. The Balaban J connectivity index is 1.70. The van der Waals surface area contributed by atoms with Gasteiger partial charge in [-0.25, -0.2) is 9.59 Å². The lowest BCUT2D eigenvalue weighted by atomic mass is 10.0. The average molecular weight is 329 g/mol. The van der Waals surface area contributed by atoms with E-state index in [9.17, 15) is 14.7 Å². The van der Waals surface area contributed by atoms with Crippen molar-refractivity contribution in [3.05, 3.63) is 42.1 Å². The third kappa shape index (κ3) is 3.80. The predicted octanol–water partition coefficient (Wildman–Crippen LogP) is 1.27. The standard InChI is InChI=1S/C17H19N3O4/c21-16(22)15(19-17(23)20-6-8-24-9-7-20)11-12-3-4-14-13(10-12)2-1-5-18-14/h1-5,10,15H,6-9,11H2,(H,19,23)(H,21,22). The SMILES string of the molecule is O=C(O)C(Cc1ccc2ncccc2c1)NC(=O)N1CCOCC1. The number of amides is 2. The van der Waals surface area contributed by atoms with E-state index < -0.39 is 12.0 Å². The first kappa shape index (κ1) is 16.2. The van der Waals surface area contributed by atoms with E-state index in [2.05, 4.69) is 10.3 Å². The number of morpholine rings is 1. The number of fused-ring (bicyclic) bond motifs is 1. The zero-order valence-electron chi connectivity index (χ0n) is 13.1. The maximum absolute atomic E-state index is 12.2. The van der Waals surface area contributed by atoms with Crippen LogP contribution in [0.5, 0.6) is 0 Å². The number of aliphatic carboxylic acids is 1. The molecule has 1 unspecified atom stereocenters. The van der Waals surface area contributed by atoms with Crippen LogP contribution in [0.2, 0.25) is 0 Å². The molecule has 1 aliphatic rings. The Morgan fingerprint density at radius 2 is 2.08 bits per heavy atom. The highest BCUT2D eigenvalue weighted by atomic mass is 16.5. The number of nitrogens with one attached hydrogen (secondary N) is 1. The number of pyridine rings is 1. The Morgan fingerprint density at radius 1 is 1.29 bits per heavy atom. The normalized spacial score (nSPS) is 15.9. The van der Waals surface area contributed by atoms with E-state index in [1.807, 2.05) is 30.3 Å². The maximum Gasteiger partial charge on any atom is 0.326 e. The zero-order valence-corrected chi connectivity index (χ0v) is 13.1. The van der Waals surface area contributed by atoms with Crippen molar-refractivity contribution in [2.75, 3.05) is 26.3 Å². The van der Waals surface area contributed by atoms with Gasteiger partial charge in [-0.2, -0.15) is 0 Å². The Bertz CT molecular complexity index is 743. The average Bonchev–Trinajstić information content (AvgIpc) is 2.61. The van der Waals surface area contributed by atoms with Gasteiger partial charge >= 0.3 is 12.0 Å². The molecule has 1 fully saturated rings. The number of ether oxygens (including phenoxy) is 1. The quantitative estimate of drug-likeness (QED) is 0.881. The first-order valence-electron chi connectivity index (χ1n) is 7.83. The van der Waals surface area contributed by atoms with Gasteiger partial charge in [0.05, 0.1) is 18.7 Å². The number of carbonyl (C=O) groups is 2. The zero-order chi connectivity index (χ0) is 16.9. The van der Waals surface area contributed by atoms with Gasteiger partial charge in [-0.05, 0) is 23.8 Å². The molecular weight excluding hydrogens is 310 g/mol. The number of rotatable bonds is 4. The van der Waals surface area contributed by atoms with Gasteiger partial charge in [0, 0.05) is 31.1 Å². The van der Waals surface area contributed by atoms with Gasteiger partial charge in [-0.15, -0.1) is 0 Å². The molecular formula is C17H19N3O4. The van der Waals surface area contributed by atoms with Crippen molar-refractivity contribution in [2.24, 2.45) is 0 Å². The summed E-state index contributed by atoms with van der Waals surface area (Å²) >= 11 is 0. The maximum atomic E-state index is 12.2. The number of hydrogen-bond acceptors (Lipinski definition) is 4. The van der Waals surface area contributed by atoms with E-state index in [0.29, 0.717) is 26.3 Å². The van der Waals surface area contributed by atoms with Gasteiger partial charge in [0.1, 0.15) is 6.04 Å². The van der Waals surface area contributed by atoms with Gasteiger partial charge in [-0.3, -0.25) is 4.98 Å². The second-order valence-corrected chi connectivity index (χ2v) is 5.67. The minimum absolute atomic E-state index is 0.218. The highest BCUT2D eigenvalue weighted by Gasteiger charge is 2.24. The predicted molar refractivity (Wildman–Crippen MR) is 87.8 cm³/mol. The van der Waals surface area contributed by atoms with Gasteiger partial charge in [-0.1, -0.05) is 12.1 Å². The van der Waals surface area contributed by atoms with Crippen molar-refractivity contribution in [2.45, 2.75) is 12.5 Å². The molecule has 24 heavy (non-hydrogen) atoms. The summed E-state index contributed by atoms with van der Waals surface area (Å²) in [5.74, 6) is -1.05. The second kappa shape index (κ2) is 7.27. The van der Waals surface area contributed by atoms with Gasteiger partial charge in [0.15, 0.2) is 0 Å². The Morgan fingerprint density at radius 3 is 2.83 bits per heavy atom. The molecule has 3 rings (SSSR count). The number of carbonyl (C=O) groups excluding carboxylic acids is 1. The van der Waals surface area contributed by atoms with Crippen LogP contribution in [-0.4, -0.2) is 59.3 Å². The van der Waals surface area contributed by atoms with Crippen LogP contribution in [0.3, 0.4) is 0 Å². The molecule has 1 aromatic heterocycles. The number of benzene rings is 1. The summed E-state index contributed by atoms with van der Waals surface area (Å²) in [6.45, 7) is 1.89. The number of carboxylic acids is 1. The van der Waals surface area contributed by atoms with Crippen LogP contribution >= 0.6 is 0 Å². The number of carboxylic acid groups (broad SMARTS) is 1. The third-order valence-corrected chi connectivity index (χ3v) is 4.00. The van der Waals surface area contributed by atoms with Crippen molar-refractivity contribution < 1.29 is 19.4 Å². The molecule has 1 aromatic carbocycles. The number of nitrogens with zero attached hydrogens (tertiary/aromatic N) is 2. The fourth-order valence-electron chi connectivity index (χ4n) is 2.69. The minimum atomic E-state index is -1.05. The van der Waals surface area contributed by atoms with Crippen LogP contribution in [0.4, 0.5) is 4.79 Å². The highest BCUT2D eigenvalue weighted by Crippen LogP contribution is 2.15. The van der Waals surface area contributed by atoms with Crippen LogP contribution in [0.25, 0.3) is 10.9 Å². The van der Waals surface area contributed by atoms with Gasteiger partial charge in [0.2, 0.25) is 0 Å². The first-order chi connectivity index (χ1) is 11.6. The lowest BCUT2D eigenvalue weighted by Gasteiger charge is -2.28. The topological polar surface area (TPSA) is 91.8 Å². The van der Waals surface area contributed by atoms with E-state index in [1.165, 1.54) is 0 Å². The molecule has 1 aliphatic heterocycles. The summed E-state index contributed by atoms with van der Waals surface area (Å²) in [7, 11) is 0. The number of hydrogen-bond donors (Lipinski definition) is 2. The van der Waals surface area contributed by atoms with Crippen molar-refractivity contribution in [3.63, 3.8) is 0 Å². The third-order valence-electron chi connectivity index (χ3n) is 4.00. The van der Waals surface area contributed by atoms with Crippen molar-refractivity contribution >= 4 is 22.9 Å². The van der Waals surface area contributed by atoms with E-state index in [1.54, 1.807) is 11.1 Å². The van der Waals surface area contributed by atoms with E-state index in [0.717, 1.165) is 16.5 Å². The fourth-order valence-corrected chi connectivity index (χ4v) is 2.69. The highest BCUT2D eigenvalue weighted by molar-refractivity contribution is 5.83. The summed E-state index contributed by atoms with van der Waals surface area (Å²) in [6, 6.07) is 8.01. The summed E-state index contributed by atoms with van der Waals surface area (Å²) in [4.78, 5) is 29.5. The molecule has 2 N–H and O–H groups in total. The smallest absolute Gasteiger partial charge is 0.326 e. The number of urea groups is 1. The lowest BCUT2D eigenvalue weighted by Crippen LogP contribution is -2.51. The molecule has 2 heterocycles. The van der Waals surface area contributed by atoms with Crippen LogP contribution < -0.4 is 5.32 Å². The molecule has 0 spiro atoms. The molecule has 7 nitrogen and oxygen atoms in total. The van der Waals surface area contributed by atoms with E-state index in [-0.39, 0.29) is 12.5 Å². The molecule has 126 valence electrons. The summed E-state index contributed by atoms with van der Waals surface area (Å²) in [5, 5.41) is 13.0. The van der Waals surface area contributed by atoms with Crippen molar-refractivity contribution in [3.8, 4) is 0 Å². The second-order valence-electron chi connectivity index (χ2n) is 5.67. The van der Waals surface area contributed by atoms with Crippen LogP contribution in [-0.2, 0) is 16.0 Å². The molecule has 0 bridgehead atoms. The summed E-state index contributed by atoms with van der Waals surface area (Å²) in [6.07, 6.45) is 1.93. The first-order valence-corrected chi connectivity index (χ1v) is 7.83. The van der Waals surface area contributed by atoms with E-state index >= 15 is 0 Å². The summed E-state index contributed by atoms with van der Waals surface area (Å²) < 4.78 is 5.19. The van der Waals surface area contributed by atoms with Crippen molar-refractivity contribution in [1.29, 1.82) is 0 Å². The molecule has 0 aliphatic carbocycles. The van der Waals surface area contributed by atoms with Crippen LogP contribution in [0, 0.1) is 0 Å². The molecule has 0 radical (unpaired) electrons. The lowest BCUT2D eigenvalue weighted by molar-refractivity contribution is -0.139. The Hall–Kier alpha value is -2.67. The van der Waals surface area contributed by atoms with Crippen LogP contribution in [0.1, 0.15) is 5.56 Å². The van der Waals surface area contributed by atoms with Crippen molar-refractivity contribution in [1.82, 2.24) is 15.2 Å². The summed E-state index contributed by atoms with van der Waals surface area (Å²) in [5.41, 5.74) is 1.69. The molecule has 1 saturated heterocycles. The van der Waals surface area contributed by atoms with Gasteiger partial charge in [0.25, 0.3) is 0 Å². The molecule has 0 saturated carbocycles. The fraction of sp³-hybridized carbons (Fsp3) is 0.353.